The first-order valence-corrected chi connectivity index (χ1v) is 4.80. The van der Waals surface area contributed by atoms with Gasteiger partial charge < -0.3 is 0 Å². The molecule has 0 aliphatic heterocycles. The maximum atomic E-state index is 11.5. The van der Waals surface area contributed by atoms with Gasteiger partial charge in [-0.1, -0.05) is 19.1 Å². The second-order valence-corrected chi connectivity index (χ2v) is 3.32. The molecule has 0 saturated carbocycles. The summed E-state index contributed by atoms with van der Waals surface area (Å²) in [6.45, 7) is 2.09. The van der Waals surface area contributed by atoms with Gasteiger partial charge in [0.15, 0.2) is 0 Å². The average molecular weight is 204 g/mol. The van der Waals surface area contributed by atoms with E-state index < -0.39 is 0 Å². The first kappa shape index (κ1) is 9.64. The van der Waals surface area contributed by atoms with Crippen molar-refractivity contribution >= 4 is 0 Å². The van der Waals surface area contributed by atoms with Crippen LogP contribution in [-0.2, 0) is 13.5 Å². The van der Waals surface area contributed by atoms with Crippen LogP contribution in [0.3, 0.4) is 0 Å². The molecule has 1 heterocycles. The number of nitrogens with zero attached hydrogens (tertiary/aromatic N) is 4. The number of hydrogen-bond acceptors (Lipinski definition) is 3. The third kappa shape index (κ3) is 1.68. The monoisotopic (exact) mass is 204 g/mol. The Morgan fingerprint density at radius 1 is 1.20 bits per heavy atom. The molecule has 1 aromatic carbocycles. The first-order chi connectivity index (χ1) is 7.22. The molecule has 0 amide bonds. The van der Waals surface area contributed by atoms with Gasteiger partial charge in [-0.15, -0.1) is 0 Å². The van der Waals surface area contributed by atoms with Gasteiger partial charge in [0, 0.05) is 7.05 Å². The standard InChI is InChI=1S/C10H12N4O/c1-3-8-4-6-9(7-5-8)14-10(15)13(2)11-12-14/h4-7H,3H2,1-2H3. The molecule has 0 bridgehead atoms. The number of hydrogen-bond donors (Lipinski definition) is 0. The van der Waals surface area contributed by atoms with Crippen LogP contribution in [0.25, 0.3) is 5.69 Å². The quantitative estimate of drug-likeness (QED) is 0.717. The van der Waals surface area contributed by atoms with E-state index in [2.05, 4.69) is 17.4 Å². The lowest BCUT2D eigenvalue weighted by Gasteiger charge is -1.99. The molecule has 0 saturated heterocycles. The zero-order valence-electron chi connectivity index (χ0n) is 8.71. The van der Waals surface area contributed by atoms with E-state index >= 15 is 0 Å². The van der Waals surface area contributed by atoms with Crippen LogP contribution >= 0.6 is 0 Å². The Balaban J connectivity index is 2.46. The van der Waals surface area contributed by atoms with E-state index in [9.17, 15) is 4.79 Å². The molecule has 0 aliphatic rings. The summed E-state index contributed by atoms with van der Waals surface area (Å²) in [5, 5.41) is 7.41. The van der Waals surface area contributed by atoms with Crippen LogP contribution in [0.15, 0.2) is 29.1 Å². The third-order valence-electron chi connectivity index (χ3n) is 2.31. The lowest BCUT2D eigenvalue weighted by molar-refractivity contribution is 0.693. The van der Waals surface area contributed by atoms with Gasteiger partial charge in [-0.05, 0) is 34.5 Å². The second-order valence-electron chi connectivity index (χ2n) is 3.32. The highest BCUT2D eigenvalue weighted by atomic mass is 16.2. The van der Waals surface area contributed by atoms with Crippen molar-refractivity contribution < 1.29 is 0 Å². The minimum atomic E-state index is -0.237. The molecule has 0 radical (unpaired) electrons. The van der Waals surface area contributed by atoms with Crippen molar-refractivity contribution in [1.29, 1.82) is 0 Å². The van der Waals surface area contributed by atoms with Gasteiger partial charge in [-0.25, -0.2) is 4.79 Å². The van der Waals surface area contributed by atoms with E-state index in [0.717, 1.165) is 12.1 Å². The summed E-state index contributed by atoms with van der Waals surface area (Å²) in [4.78, 5) is 11.5. The van der Waals surface area contributed by atoms with Gasteiger partial charge in [0.25, 0.3) is 0 Å². The van der Waals surface area contributed by atoms with Crippen LogP contribution in [0.2, 0.25) is 0 Å². The summed E-state index contributed by atoms with van der Waals surface area (Å²) in [6.07, 6.45) is 0.982. The smallest absolute Gasteiger partial charge is 0.244 e. The van der Waals surface area contributed by atoms with Crippen molar-refractivity contribution in [2.45, 2.75) is 13.3 Å². The van der Waals surface area contributed by atoms with Crippen molar-refractivity contribution in [3.05, 3.63) is 40.3 Å². The Hall–Kier alpha value is -1.91. The van der Waals surface area contributed by atoms with Gasteiger partial charge in [0.1, 0.15) is 0 Å². The molecule has 2 rings (SSSR count). The molecule has 1 aromatic heterocycles. The summed E-state index contributed by atoms with van der Waals surface area (Å²) in [5.41, 5.74) is 1.74. The van der Waals surface area contributed by atoms with Crippen molar-refractivity contribution in [2.24, 2.45) is 7.05 Å². The van der Waals surface area contributed by atoms with E-state index in [-0.39, 0.29) is 5.69 Å². The molecular weight excluding hydrogens is 192 g/mol. The molecule has 15 heavy (non-hydrogen) atoms. The van der Waals surface area contributed by atoms with E-state index in [4.69, 9.17) is 0 Å². The van der Waals surface area contributed by atoms with E-state index in [0.29, 0.717) is 0 Å². The minimum Gasteiger partial charge on any atom is -0.244 e. The highest BCUT2D eigenvalue weighted by Crippen LogP contribution is 2.06. The highest BCUT2D eigenvalue weighted by molar-refractivity contribution is 5.33. The SMILES string of the molecule is CCc1ccc(-n2nnn(C)c2=O)cc1. The Kier molecular flexibility index (Phi) is 2.37. The van der Waals surface area contributed by atoms with E-state index in [1.165, 1.54) is 14.9 Å². The maximum Gasteiger partial charge on any atom is 0.368 e. The van der Waals surface area contributed by atoms with E-state index in [1.807, 2.05) is 24.3 Å². The number of aryl methyl sites for hydroxylation is 2. The Bertz CT molecular complexity index is 509. The molecule has 2 aromatic rings. The van der Waals surface area contributed by atoms with Crippen LogP contribution in [0, 0.1) is 0 Å². The predicted octanol–water partition coefficient (Wildman–Crippen LogP) is 0.528. The summed E-state index contributed by atoms with van der Waals surface area (Å²) < 4.78 is 2.48. The maximum absolute atomic E-state index is 11.5. The van der Waals surface area contributed by atoms with Gasteiger partial charge in [0.05, 0.1) is 5.69 Å². The van der Waals surface area contributed by atoms with Crippen LogP contribution in [0.4, 0.5) is 0 Å². The van der Waals surface area contributed by atoms with Gasteiger partial charge in [0.2, 0.25) is 0 Å². The number of benzene rings is 1. The molecule has 0 unspecified atom stereocenters. The average Bonchev–Trinajstić information content (AvgIpc) is 2.60. The molecule has 0 atom stereocenters. The molecule has 78 valence electrons. The molecular formula is C10H12N4O. The fourth-order valence-electron chi connectivity index (χ4n) is 1.35. The van der Waals surface area contributed by atoms with Crippen LogP contribution in [-0.4, -0.2) is 19.8 Å². The first-order valence-electron chi connectivity index (χ1n) is 4.80. The summed E-state index contributed by atoms with van der Waals surface area (Å²) in [6, 6.07) is 7.71. The Labute approximate surface area is 86.9 Å². The molecule has 0 aliphatic carbocycles. The highest BCUT2D eigenvalue weighted by Gasteiger charge is 2.04. The Morgan fingerprint density at radius 2 is 1.87 bits per heavy atom. The lowest BCUT2D eigenvalue weighted by Crippen LogP contribution is -2.21. The number of rotatable bonds is 2. The lowest BCUT2D eigenvalue weighted by atomic mass is 10.1. The minimum absolute atomic E-state index is 0.237. The zero-order valence-corrected chi connectivity index (χ0v) is 8.71. The molecule has 0 fully saturated rings. The zero-order chi connectivity index (χ0) is 10.8. The van der Waals surface area contributed by atoms with Crippen LogP contribution < -0.4 is 5.69 Å². The van der Waals surface area contributed by atoms with Crippen molar-refractivity contribution in [2.75, 3.05) is 0 Å². The van der Waals surface area contributed by atoms with Gasteiger partial charge in [-0.3, -0.25) is 0 Å². The second kappa shape index (κ2) is 3.68. The predicted molar refractivity (Wildman–Crippen MR) is 56.0 cm³/mol. The summed E-state index contributed by atoms with van der Waals surface area (Å²) >= 11 is 0. The van der Waals surface area contributed by atoms with Crippen LogP contribution in [0.1, 0.15) is 12.5 Å². The molecule has 5 heteroatoms. The van der Waals surface area contributed by atoms with Crippen molar-refractivity contribution in [3.63, 3.8) is 0 Å². The van der Waals surface area contributed by atoms with Crippen LogP contribution in [0.5, 0.6) is 0 Å². The van der Waals surface area contributed by atoms with E-state index in [1.54, 1.807) is 7.05 Å². The molecule has 0 N–H and O–H groups in total. The fraction of sp³-hybridized carbons (Fsp3) is 0.300. The fourth-order valence-corrected chi connectivity index (χ4v) is 1.35. The van der Waals surface area contributed by atoms with Crippen molar-refractivity contribution in [3.8, 4) is 5.69 Å². The molecule has 0 spiro atoms. The number of aromatic nitrogens is 4. The number of tetrazole rings is 1. The van der Waals surface area contributed by atoms with Crippen molar-refractivity contribution in [1.82, 2.24) is 19.8 Å². The summed E-state index contributed by atoms with van der Waals surface area (Å²) in [7, 11) is 1.58. The molecule has 5 nitrogen and oxygen atoms in total. The summed E-state index contributed by atoms with van der Waals surface area (Å²) in [5.74, 6) is 0. The third-order valence-corrected chi connectivity index (χ3v) is 2.31. The van der Waals surface area contributed by atoms with Gasteiger partial charge >= 0.3 is 5.69 Å². The Morgan fingerprint density at radius 3 is 2.33 bits per heavy atom. The van der Waals surface area contributed by atoms with Gasteiger partial charge in [-0.2, -0.15) is 9.36 Å². The normalized spacial score (nSPS) is 10.5. The topological polar surface area (TPSA) is 52.7 Å². The largest absolute Gasteiger partial charge is 0.368 e.